The summed E-state index contributed by atoms with van der Waals surface area (Å²) in [6.45, 7) is 0. The van der Waals surface area contributed by atoms with Crippen LogP contribution in [0.5, 0.6) is 0 Å². The molecule has 166 valence electrons. The van der Waals surface area contributed by atoms with Crippen molar-refractivity contribution in [3.8, 4) is 22.3 Å². The van der Waals surface area contributed by atoms with E-state index in [0.717, 1.165) is 0 Å². The molecule has 0 saturated heterocycles. The minimum absolute atomic E-state index is 0.0851. The zero-order valence-electron chi connectivity index (χ0n) is 17.0. The van der Waals surface area contributed by atoms with Crippen molar-refractivity contribution in [2.45, 2.75) is 0 Å². The van der Waals surface area contributed by atoms with Crippen LogP contribution in [0.3, 0.4) is 0 Å². The van der Waals surface area contributed by atoms with Crippen molar-refractivity contribution in [2.24, 2.45) is 0 Å². The third kappa shape index (κ3) is 3.33. The lowest BCUT2D eigenvalue weighted by molar-refractivity contribution is 0.0426. The molecular formula is C22H12B2O10. The topological polar surface area (TPSA) is 168 Å². The fourth-order valence-electron chi connectivity index (χ4n) is 4.08. The van der Waals surface area contributed by atoms with Gasteiger partial charge < -0.3 is 29.6 Å². The molecule has 5 rings (SSSR count). The first kappa shape index (κ1) is 21.7. The number of benzene rings is 3. The van der Waals surface area contributed by atoms with Gasteiger partial charge in [-0.3, -0.25) is 0 Å². The molecule has 0 amide bonds. The Hall–Kier alpha value is -4.09. The molecular weight excluding hydrogens is 446 g/mol. The fraction of sp³-hybridized carbons (Fsp3) is 0. The molecule has 0 aromatic heterocycles. The van der Waals surface area contributed by atoms with Gasteiger partial charge in [0.25, 0.3) is 0 Å². The molecule has 10 nitrogen and oxygen atoms in total. The Labute approximate surface area is 191 Å². The number of hydrogen-bond acceptors (Lipinski definition) is 10. The summed E-state index contributed by atoms with van der Waals surface area (Å²) in [7, 11) is -4.02. The number of fused-ring (bicyclic) bond motifs is 2. The first-order chi connectivity index (χ1) is 16.2. The maximum Gasteiger partial charge on any atom is 0.489 e. The Morgan fingerprint density at radius 1 is 0.500 bits per heavy atom. The summed E-state index contributed by atoms with van der Waals surface area (Å²) in [5, 5.41) is 38.7. The van der Waals surface area contributed by atoms with E-state index in [2.05, 4.69) is 9.47 Å². The van der Waals surface area contributed by atoms with Crippen molar-refractivity contribution in [1.29, 1.82) is 0 Å². The summed E-state index contributed by atoms with van der Waals surface area (Å²) in [4.78, 5) is 47.8. The van der Waals surface area contributed by atoms with Crippen LogP contribution in [0.15, 0.2) is 48.5 Å². The molecule has 3 aromatic rings. The third-order valence-electron chi connectivity index (χ3n) is 5.66. The summed E-state index contributed by atoms with van der Waals surface area (Å²) in [6, 6.07) is 12.1. The molecule has 0 unspecified atom stereocenters. The van der Waals surface area contributed by atoms with E-state index >= 15 is 0 Å². The highest BCUT2D eigenvalue weighted by Gasteiger charge is 2.37. The van der Waals surface area contributed by atoms with Gasteiger partial charge in [0.1, 0.15) is 0 Å². The van der Waals surface area contributed by atoms with Crippen molar-refractivity contribution < 1.29 is 48.7 Å². The van der Waals surface area contributed by atoms with Crippen LogP contribution in [0.1, 0.15) is 41.4 Å². The Balaban J connectivity index is 1.58. The van der Waals surface area contributed by atoms with Gasteiger partial charge in [0.05, 0.1) is 22.3 Å². The molecule has 2 aliphatic heterocycles. The van der Waals surface area contributed by atoms with Crippen molar-refractivity contribution in [1.82, 2.24) is 0 Å². The predicted octanol–water partition coefficient (Wildman–Crippen LogP) is -0.999. The Morgan fingerprint density at radius 3 is 1.18 bits per heavy atom. The maximum absolute atomic E-state index is 12.0. The number of cyclic esters (lactones) is 4. The maximum atomic E-state index is 12.0. The summed E-state index contributed by atoms with van der Waals surface area (Å²) in [5.41, 5.74) is 1.02. The van der Waals surface area contributed by atoms with E-state index in [1.165, 1.54) is 24.3 Å². The SMILES string of the molecule is O=C1OC(=O)c2c(B(O)O)cc(-c3ccc(-c4cc(B(O)O)c5c(c4)C(=O)OC5=O)cc3)cc21. The van der Waals surface area contributed by atoms with Crippen molar-refractivity contribution in [2.75, 3.05) is 0 Å². The van der Waals surface area contributed by atoms with Crippen LogP contribution in [-0.2, 0) is 9.47 Å². The minimum atomic E-state index is -2.01. The van der Waals surface area contributed by atoms with Crippen LogP contribution < -0.4 is 10.9 Å². The highest BCUT2D eigenvalue weighted by atomic mass is 16.6. The Morgan fingerprint density at radius 2 is 0.853 bits per heavy atom. The van der Waals surface area contributed by atoms with Gasteiger partial charge in [0.15, 0.2) is 0 Å². The number of esters is 4. The molecule has 2 aliphatic rings. The van der Waals surface area contributed by atoms with Gasteiger partial charge in [-0.25, -0.2) is 19.2 Å². The summed E-state index contributed by atoms with van der Waals surface area (Å²) < 4.78 is 9.14. The predicted molar refractivity (Wildman–Crippen MR) is 116 cm³/mol. The van der Waals surface area contributed by atoms with E-state index in [1.807, 2.05) is 0 Å². The number of carbonyl (C=O) groups excluding carboxylic acids is 4. The molecule has 0 radical (unpaired) electrons. The lowest BCUT2D eigenvalue weighted by atomic mass is 9.74. The van der Waals surface area contributed by atoms with E-state index in [-0.39, 0.29) is 33.2 Å². The minimum Gasteiger partial charge on any atom is -0.423 e. The number of hydrogen-bond donors (Lipinski definition) is 4. The number of ether oxygens (including phenoxy) is 2. The van der Waals surface area contributed by atoms with Crippen LogP contribution >= 0.6 is 0 Å². The number of carbonyl (C=O) groups is 4. The monoisotopic (exact) mass is 458 g/mol. The van der Waals surface area contributed by atoms with Crippen LogP contribution in [0.2, 0.25) is 0 Å². The third-order valence-corrected chi connectivity index (χ3v) is 5.66. The highest BCUT2D eigenvalue weighted by Crippen LogP contribution is 2.30. The molecule has 0 saturated carbocycles. The fourth-order valence-corrected chi connectivity index (χ4v) is 4.08. The van der Waals surface area contributed by atoms with Crippen molar-refractivity contribution in [3.63, 3.8) is 0 Å². The average molecular weight is 458 g/mol. The van der Waals surface area contributed by atoms with E-state index in [0.29, 0.717) is 22.3 Å². The zero-order valence-corrected chi connectivity index (χ0v) is 17.0. The van der Waals surface area contributed by atoms with Gasteiger partial charge in [-0.15, -0.1) is 0 Å². The van der Waals surface area contributed by atoms with E-state index in [1.54, 1.807) is 24.3 Å². The molecule has 0 atom stereocenters. The summed E-state index contributed by atoms with van der Waals surface area (Å²) in [6.07, 6.45) is 0. The molecule has 12 heteroatoms. The second-order valence-electron chi connectivity index (χ2n) is 7.65. The lowest BCUT2D eigenvalue weighted by Crippen LogP contribution is -2.34. The molecule has 34 heavy (non-hydrogen) atoms. The molecule has 0 spiro atoms. The normalized spacial score (nSPS) is 14.0. The Bertz CT molecular complexity index is 1320. The van der Waals surface area contributed by atoms with Crippen LogP contribution in [0.25, 0.3) is 22.3 Å². The summed E-state index contributed by atoms with van der Waals surface area (Å²) >= 11 is 0. The quantitative estimate of drug-likeness (QED) is 0.216. The van der Waals surface area contributed by atoms with E-state index < -0.39 is 38.1 Å². The van der Waals surface area contributed by atoms with Crippen LogP contribution in [0.4, 0.5) is 0 Å². The molecule has 4 N–H and O–H groups in total. The molecule has 3 aromatic carbocycles. The van der Waals surface area contributed by atoms with Gasteiger partial charge >= 0.3 is 38.1 Å². The van der Waals surface area contributed by atoms with Gasteiger partial charge in [-0.1, -0.05) is 36.4 Å². The number of rotatable bonds is 4. The second-order valence-corrected chi connectivity index (χ2v) is 7.65. The van der Waals surface area contributed by atoms with E-state index in [4.69, 9.17) is 0 Å². The first-order valence-corrected chi connectivity index (χ1v) is 9.87. The van der Waals surface area contributed by atoms with Gasteiger partial charge in [0, 0.05) is 0 Å². The largest absolute Gasteiger partial charge is 0.489 e. The average Bonchev–Trinajstić information content (AvgIpc) is 3.26. The zero-order chi connectivity index (χ0) is 24.3. The molecule has 0 bridgehead atoms. The molecule has 2 heterocycles. The van der Waals surface area contributed by atoms with E-state index in [9.17, 15) is 39.3 Å². The van der Waals surface area contributed by atoms with Gasteiger partial charge in [0.2, 0.25) is 0 Å². The standard InChI is InChI=1S/C22H12B2O10/c25-19-13-5-11(7-15(23(29)30)17(13)21(27)33-19)9-1-2-10(4-3-9)12-6-14-18(16(8-12)24(31)32)22(28)34-20(14)26/h1-8,29-32H. The highest BCUT2D eigenvalue weighted by molar-refractivity contribution is 6.61. The second kappa shape index (κ2) is 7.75. The molecule has 0 fully saturated rings. The van der Waals surface area contributed by atoms with Crippen molar-refractivity contribution >= 4 is 49.0 Å². The van der Waals surface area contributed by atoms with Gasteiger partial charge in [-0.05, 0) is 45.3 Å². The van der Waals surface area contributed by atoms with Gasteiger partial charge in [-0.2, -0.15) is 0 Å². The van der Waals surface area contributed by atoms with Crippen LogP contribution in [0, 0.1) is 0 Å². The van der Waals surface area contributed by atoms with Crippen LogP contribution in [-0.4, -0.2) is 58.2 Å². The molecule has 0 aliphatic carbocycles. The Kier molecular flexibility index (Phi) is 4.95. The summed E-state index contributed by atoms with van der Waals surface area (Å²) in [5.74, 6) is -3.70. The first-order valence-electron chi connectivity index (χ1n) is 9.87. The lowest BCUT2D eigenvalue weighted by Gasteiger charge is -2.11. The van der Waals surface area contributed by atoms with Crippen molar-refractivity contribution in [3.05, 3.63) is 70.8 Å². The smallest absolute Gasteiger partial charge is 0.423 e.